The van der Waals surface area contributed by atoms with Gasteiger partial charge in [-0.05, 0) is 39.5 Å². The van der Waals surface area contributed by atoms with Gasteiger partial charge in [-0.15, -0.1) is 12.4 Å². The molecule has 1 aliphatic rings. The molecule has 0 amide bonds. The molecule has 1 saturated carbocycles. The molecule has 6 heteroatoms. The minimum Gasteiger partial charge on any atom is -0.328 e. The van der Waals surface area contributed by atoms with Crippen molar-refractivity contribution in [1.82, 2.24) is 0 Å². The van der Waals surface area contributed by atoms with Crippen molar-refractivity contribution >= 4 is 12.4 Å². The summed E-state index contributed by atoms with van der Waals surface area (Å²) in [4.78, 5) is 0. The summed E-state index contributed by atoms with van der Waals surface area (Å²) in [7, 11) is 0. The molecule has 4 N–H and O–H groups in total. The van der Waals surface area contributed by atoms with Crippen molar-refractivity contribution in [1.29, 1.82) is 0 Å². The van der Waals surface area contributed by atoms with E-state index in [-0.39, 0.29) is 18.4 Å². The summed E-state index contributed by atoms with van der Waals surface area (Å²) in [5.41, 5.74) is 8.57. The molecule has 1 fully saturated rings. The lowest BCUT2D eigenvalue weighted by atomic mass is 9.64. The Morgan fingerprint density at radius 1 is 1.12 bits per heavy atom. The second-order valence-electron chi connectivity index (χ2n) is 5.12. The fourth-order valence-electron chi connectivity index (χ4n) is 2.06. The summed E-state index contributed by atoms with van der Waals surface area (Å²) in [5, 5.41) is 0. The van der Waals surface area contributed by atoms with E-state index in [0.717, 1.165) is 0 Å². The molecule has 16 heavy (non-hydrogen) atoms. The maximum absolute atomic E-state index is 12.8. The summed E-state index contributed by atoms with van der Waals surface area (Å²) in [5.74, 6) is 0. The molecular formula is C10H20ClF3N2. The maximum atomic E-state index is 12.8. The van der Waals surface area contributed by atoms with E-state index >= 15 is 0 Å². The van der Waals surface area contributed by atoms with Gasteiger partial charge in [-0.25, -0.2) is 0 Å². The molecule has 0 heterocycles. The van der Waals surface area contributed by atoms with Gasteiger partial charge in [0.05, 0.1) is 5.41 Å². The molecular weight excluding hydrogens is 241 g/mol. The topological polar surface area (TPSA) is 52.0 Å². The monoisotopic (exact) mass is 260 g/mol. The van der Waals surface area contributed by atoms with Crippen molar-refractivity contribution in [2.45, 2.75) is 57.3 Å². The molecule has 0 spiro atoms. The molecule has 1 aliphatic carbocycles. The molecule has 0 atom stereocenters. The van der Waals surface area contributed by atoms with Crippen molar-refractivity contribution in [2.24, 2.45) is 16.9 Å². The van der Waals surface area contributed by atoms with E-state index in [2.05, 4.69) is 0 Å². The van der Waals surface area contributed by atoms with Crippen molar-refractivity contribution in [3.05, 3.63) is 0 Å². The molecule has 0 aliphatic heterocycles. The van der Waals surface area contributed by atoms with E-state index in [4.69, 9.17) is 11.5 Å². The third-order valence-electron chi connectivity index (χ3n) is 3.88. The van der Waals surface area contributed by atoms with Crippen LogP contribution in [-0.4, -0.2) is 17.8 Å². The largest absolute Gasteiger partial charge is 0.395 e. The Hall–Kier alpha value is 0. The molecule has 2 nitrogen and oxygen atoms in total. The first-order valence-corrected chi connectivity index (χ1v) is 5.21. The fourth-order valence-corrected chi connectivity index (χ4v) is 2.06. The summed E-state index contributed by atoms with van der Waals surface area (Å²) >= 11 is 0. The highest BCUT2D eigenvalue weighted by Crippen LogP contribution is 2.49. The van der Waals surface area contributed by atoms with E-state index in [1.807, 2.05) is 0 Å². The highest BCUT2D eigenvalue weighted by Gasteiger charge is 2.59. The number of hydrogen-bond acceptors (Lipinski definition) is 2. The minimum absolute atomic E-state index is 0. The van der Waals surface area contributed by atoms with Gasteiger partial charge in [-0.3, -0.25) is 0 Å². The molecule has 0 saturated heterocycles. The van der Waals surface area contributed by atoms with Crippen LogP contribution in [0.5, 0.6) is 0 Å². The maximum Gasteiger partial charge on any atom is 0.395 e. The molecule has 0 aromatic carbocycles. The van der Waals surface area contributed by atoms with E-state index < -0.39 is 17.1 Å². The van der Waals surface area contributed by atoms with Crippen molar-refractivity contribution in [3.63, 3.8) is 0 Å². The van der Waals surface area contributed by atoms with Crippen LogP contribution >= 0.6 is 12.4 Å². The Balaban J connectivity index is 0.00000225. The average molecular weight is 261 g/mol. The van der Waals surface area contributed by atoms with Crippen molar-refractivity contribution < 1.29 is 13.2 Å². The Bertz CT molecular complexity index is 233. The quantitative estimate of drug-likeness (QED) is 0.761. The second-order valence-corrected chi connectivity index (χ2v) is 5.12. The van der Waals surface area contributed by atoms with Crippen LogP contribution < -0.4 is 11.5 Å². The van der Waals surface area contributed by atoms with Crippen LogP contribution in [0.25, 0.3) is 0 Å². The summed E-state index contributed by atoms with van der Waals surface area (Å²) in [6.07, 6.45) is -2.41. The first-order chi connectivity index (χ1) is 6.60. The van der Waals surface area contributed by atoms with Gasteiger partial charge in [0.2, 0.25) is 0 Å². The molecule has 0 unspecified atom stereocenters. The summed E-state index contributed by atoms with van der Waals surface area (Å²) < 4.78 is 38.5. The first kappa shape index (κ1) is 16.0. The predicted octanol–water partition coefficient (Wildman–Crippen LogP) is 2.60. The number of rotatable bonds is 1. The molecule has 98 valence electrons. The van der Waals surface area contributed by atoms with Gasteiger partial charge < -0.3 is 11.5 Å². The summed E-state index contributed by atoms with van der Waals surface area (Å²) in [6, 6.07) is 0.00529. The lowest BCUT2D eigenvalue weighted by molar-refractivity contribution is -0.237. The van der Waals surface area contributed by atoms with Crippen molar-refractivity contribution in [2.75, 3.05) is 0 Å². The third-order valence-corrected chi connectivity index (χ3v) is 3.88. The SMILES string of the molecule is CC(C)(C(F)(F)F)C1(N)CCC(N)CC1.Cl. The lowest BCUT2D eigenvalue weighted by Gasteiger charge is -2.48. The van der Waals surface area contributed by atoms with E-state index in [9.17, 15) is 13.2 Å². The zero-order valence-electron chi connectivity index (χ0n) is 9.60. The second kappa shape index (κ2) is 4.70. The number of nitrogens with two attached hydrogens (primary N) is 2. The van der Waals surface area contributed by atoms with E-state index in [1.165, 1.54) is 13.8 Å². The molecule has 0 bridgehead atoms. The van der Waals surface area contributed by atoms with Gasteiger partial charge >= 0.3 is 6.18 Å². The Labute approximate surface area is 100 Å². The minimum atomic E-state index is -4.26. The van der Waals surface area contributed by atoms with Crippen LogP contribution in [0, 0.1) is 5.41 Å². The van der Waals surface area contributed by atoms with Gasteiger partial charge in [-0.1, -0.05) is 0 Å². The first-order valence-electron chi connectivity index (χ1n) is 5.21. The highest BCUT2D eigenvalue weighted by molar-refractivity contribution is 5.85. The third kappa shape index (κ3) is 2.63. The Morgan fingerprint density at radius 3 is 1.81 bits per heavy atom. The zero-order chi connectivity index (χ0) is 11.9. The van der Waals surface area contributed by atoms with Crippen LogP contribution in [-0.2, 0) is 0 Å². The molecule has 1 rings (SSSR count). The fraction of sp³-hybridized carbons (Fsp3) is 1.00. The van der Waals surface area contributed by atoms with Crippen molar-refractivity contribution in [3.8, 4) is 0 Å². The van der Waals surface area contributed by atoms with E-state index in [0.29, 0.717) is 25.7 Å². The van der Waals surface area contributed by atoms with E-state index in [1.54, 1.807) is 0 Å². The molecule has 0 aromatic rings. The molecule has 0 aromatic heterocycles. The van der Waals surface area contributed by atoms with Gasteiger partial charge in [0.15, 0.2) is 0 Å². The van der Waals surface area contributed by atoms with Gasteiger partial charge in [-0.2, -0.15) is 13.2 Å². The Morgan fingerprint density at radius 2 is 1.50 bits per heavy atom. The average Bonchev–Trinajstić information content (AvgIpc) is 2.08. The van der Waals surface area contributed by atoms with Gasteiger partial charge in [0.25, 0.3) is 0 Å². The standard InChI is InChI=1S/C10H19F3N2.ClH/c1-8(2,10(11,12)13)9(15)5-3-7(14)4-6-9;/h7H,3-6,14-15H2,1-2H3;1H. The highest BCUT2D eigenvalue weighted by atomic mass is 35.5. The Kier molecular flexibility index (Phi) is 4.70. The normalized spacial score (nSPS) is 32.1. The molecule has 0 radical (unpaired) electrons. The van der Waals surface area contributed by atoms with Crippen LogP contribution in [0.2, 0.25) is 0 Å². The zero-order valence-corrected chi connectivity index (χ0v) is 10.4. The van der Waals surface area contributed by atoms with Gasteiger partial charge in [0.1, 0.15) is 0 Å². The number of hydrogen-bond donors (Lipinski definition) is 2. The van der Waals surface area contributed by atoms with Crippen LogP contribution in [0.3, 0.4) is 0 Å². The smallest absolute Gasteiger partial charge is 0.328 e. The van der Waals surface area contributed by atoms with Crippen LogP contribution in [0.1, 0.15) is 39.5 Å². The predicted molar refractivity (Wildman–Crippen MR) is 60.4 cm³/mol. The summed E-state index contributed by atoms with van der Waals surface area (Å²) in [6.45, 7) is 2.37. The number of alkyl halides is 3. The lowest BCUT2D eigenvalue weighted by Crippen LogP contribution is -2.61. The van der Waals surface area contributed by atoms with Crippen LogP contribution in [0.4, 0.5) is 13.2 Å². The number of halogens is 4. The van der Waals surface area contributed by atoms with Gasteiger partial charge in [0, 0.05) is 11.6 Å². The van der Waals surface area contributed by atoms with Crippen LogP contribution in [0.15, 0.2) is 0 Å².